The van der Waals surface area contributed by atoms with Gasteiger partial charge in [0.2, 0.25) is 5.44 Å². The van der Waals surface area contributed by atoms with E-state index >= 15 is 0 Å². The average Bonchev–Trinajstić information content (AvgIpc) is 2.65. The molecule has 4 nitrogen and oxygen atoms in total. The molecule has 0 fully saturated rings. The SMILES string of the molecule is CCCCCCCc1cc(CCCCCCC)cc(OC(CC)S(=O)(=O)O)c1. The van der Waals surface area contributed by atoms with Crippen LogP contribution in [0.1, 0.15) is 103 Å². The molecular weight excluding hydrogens is 372 g/mol. The summed E-state index contributed by atoms with van der Waals surface area (Å²) < 4.78 is 38.1. The second-order valence-corrected chi connectivity index (χ2v) is 9.34. The van der Waals surface area contributed by atoms with Gasteiger partial charge in [0.25, 0.3) is 0 Å². The molecule has 28 heavy (non-hydrogen) atoms. The van der Waals surface area contributed by atoms with Gasteiger partial charge in [-0.25, -0.2) is 0 Å². The zero-order chi connectivity index (χ0) is 20.8. The lowest BCUT2D eigenvalue weighted by Gasteiger charge is -2.17. The quantitative estimate of drug-likeness (QED) is 0.242. The summed E-state index contributed by atoms with van der Waals surface area (Å²) in [6.07, 6.45) is 14.4. The van der Waals surface area contributed by atoms with Crippen LogP contribution in [0.3, 0.4) is 0 Å². The summed E-state index contributed by atoms with van der Waals surface area (Å²) in [6.45, 7) is 6.13. The van der Waals surface area contributed by atoms with E-state index in [0.29, 0.717) is 5.75 Å². The molecule has 1 atom stereocenters. The van der Waals surface area contributed by atoms with Gasteiger partial charge in [0.15, 0.2) is 0 Å². The van der Waals surface area contributed by atoms with E-state index in [2.05, 4.69) is 19.9 Å². The van der Waals surface area contributed by atoms with Gasteiger partial charge in [0, 0.05) is 0 Å². The number of unbranched alkanes of at least 4 members (excludes halogenated alkanes) is 8. The molecule has 0 aromatic heterocycles. The van der Waals surface area contributed by atoms with Crippen molar-refractivity contribution in [1.29, 1.82) is 0 Å². The van der Waals surface area contributed by atoms with E-state index in [1.807, 2.05) is 12.1 Å². The van der Waals surface area contributed by atoms with Crippen LogP contribution in [0.5, 0.6) is 5.75 Å². The second kappa shape index (κ2) is 14.0. The van der Waals surface area contributed by atoms with Gasteiger partial charge in [-0.15, -0.1) is 0 Å². The topological polar surface area (TPSA) is 63.6 Å². The molecular formula is C23H40O4S. The van der Waals surface area contributed by atoms with E-state index < -0.39 is 15.6 Å². The van der Waals surface area contributed by atoms with Crippen LogP contribution in [0.15, 0.2) is 18.2 Å². The van der Waals surface area contributed by atoms with E-state index in [-0.39, 0.29) is 6.42 Å². The summed E-state index contributed by atoms with van der Waals surface area (Å²) >= 11 is 0. The number of benzene rings is 1. The smallest absolute Gasteiger partial charge is 0.303 e. The fourth-order valence-electron chi connectivity index (χ4n) is 3.46. The Kier molecular flexibility index (Phi) is 12.5. The molecule has 0 radical (unpaired) electrons. The standard InChI is InChI=1S/C23H40O4S/c1-4-7-9-11-13-15-20-17-21(16-14-12-10-8-5-2)19-22(18-20)27-23(6-3)28(24,25)26/h17-19,23H,4-16H2,1-3H3,(H,24,25,26). The molecule has 1 aromatic rings. The lowest BCUT2D eigenvalue weighted by Crippen LogP contribution is -2.26. The van der Waals surface area contributed by atoms with Crippen molar-refractivity contribution in [3.8, 4) is 5.75 Å². The summed E-state index contributed by atoms with van der Waals surface area (Å²) in [4.78, 5) is 0. The van der Waals surface area contributed by atoms with Gasteiger partial charge >= 0.3 is 10.1 Å². The molecule has 0 aliphatic rings. The number of aryl methyl sites for hydroxylation is 2. The van der Waals surface area contributed by atoms with Crippen LogP contribution < -0.4 is 4.74 Å². The summed E-state index contributed by atoms with van der Waals surface area (Å²) in [5.74, 6) is 0.555. The van der Waals surface area contributed by atoms with Crippen molar-refractivity contribution >= 4 is 10.1 Å². The third-order valence-corrected chi connectivity index (χ3v) is 6.19. The minimum absolute atomic E-state index is 0.215. The van der Waals surface area contributed by atoms with Crippen LogP contribution in [0.4, 0.5) is 0 Å². The molecule has 1 rings (SSSR count). The van der Waals surface area contributed by atoms with Crippen LogP contribution in [-0.4, -0.2) is 18.4 Å². The number of hydrogen-bond acceptors (Lipinski definition) is 3. The molecule has 0 aliphatic heterocycles. The Labute approximate surface area is 172 Å². The van der Waals surface area contributed by atoms with Gasteiger partial charge in [-0.3, -0.25) is 4.55 Å². The molecule has 1 N–H and O–H groups in total. The van der Waals surface area contributed by atoms with Crippen molar-refractivity contribution in [3.05, 3.63) is 29.3 Å². The van der Waals surface area contributed by atoms with Gasteiger partial charge in [-0.2, -0.15) is 8.42 Å². The number of rotatable bonds is 16. The maximum absolute atomic E-state index is 11.5. The van der Waals surface area contributed by atoms with Crippen molar-refractivity contribution in [1.82, 2.24) is 0 Å². The van der Waals surface area contributed by atoms with E-state index in [9.17, 15) is 13.0 Å². The zero-order valence-corrected chi connectivity index (χ0v) is 18.9. The Morgan fingerprint density at radius 3 is 1.64 bits per heavy atom. The monoisotopic (exact) mass is 412 g/mol. The lowest BCUT2D eigenvalue weighted by atomic mass is 9.99. The van der Waals surface area contributed by atoms with Gasteiger partial charge < -0.3 is 4.74 Å². The Balaban J connectivity index is 2.80. The molecule has 5 heteroatoms. The minimum atomic E-state index is -4.22. The third kappa shape index (κ3) is 10.5. The van der Waals surface area contributed by atoms with Gasteiger partial charge in [-0.1, -0.05) is 78.2 Å². The third-order valence-electron chi connectivity index (χ3n) is 5.10. The summed E-state index contributed by atoms with van der Waals surface area (Å²) in [7, 11) is -4.22. The van der Waals surface area contributed by atoms with Crippen molar-refractivity contribution < 1.29 is 17.7 Å². The fourth-order valence-corrected chi connectivity index (χ4v) is 4.11. The van der Waals surface area contributed by atoms with E-state index in [0.717, 1.165) is 25.7 Å². The first-order valence-corrected chi connectivity index (χ1v) is 12.7. The van der Waals surface area contributed by atoms with Crippen LogP contribution in [0.25, 0.3) is 0 Å². The Hall–Kier alpha value is -1.07. The highest BCUT2D eigenvalue weighted by atomic mass is 32.2. The average molecular weight is 413 g/mol. The minimum Gasteiger partial charge on any atom is -0.472 e. The Bertz CT molecular complexity index is 608. The predicted octanol–water partition coefficient (Wildman–Crippen LogP) is 6.72. The molecule has 0 bridgehead atoms. The molecule has 162 valence electrons. The summed E-state index contributed by atoms with van der Waals surface area (Å²) in [5.41, 5.74) is 1.19. The molecule has 0 heterocycles. The van der Waals surface area contributed by atoms with Crippen molar-refractivity contribution in [2.24, 2.45) is 0 Å². The van der Waals surface area contributed by atoms with Gasteiger partial charge in [-0.05, 0) is 55.4 Å². The molecule has 0 saturated carbocycles. The van der Waals surface area contributed by atoms with Crippen molar-refractivity contribution in [2.45, 2.75) is 110 Å². The fraction of sp³-hybridized carbons (Fsp3) is 0.739. The first-order valence-electron chi connectivity index (χ1n) is 11.2. The summed E-state index contributed by atoms with van der Waals surface area (Å²) in [5, 5.41) is 0. The zero-order valence-electron chi connectivity index (χ0n) is 18.1. The largest absolute Gasteiger partial charge is 0.472 e. The van der Waals surface area contributed by atoms with Crippen molar-refractivity contribution in [2.75, 3.05) is 0 Å². The molecule has 1 unspecified atom stereocenters. The molecule has 0 amide bonds. The van der Waals surface area contributed by atoms with Gasteiger partial charge in [0.1, 0.15) is 5.75 Å². The molecule has 0 aliphatic carbocycles. The van der Waals surface area contributed by atoms with Crippen LogP contribution in [0, 0.1) is 0 Å². The van der Waals surface area contributed by atoms with Crippen molar-refractivity contribution in [3.63, 3.8) is 0 Å². The highest BCUT2D eigenvalue weighted by molar-refractivity contribution is 7.86. The lowest BCUT2D eigenvalue weighted by molar-refractivity contribution is 0.252. The maximum Gasteiger partial charge on any atom is 0.303 e. The highest BCUT2D eigenvalue weighted by Gasteiger charge is 2.23. The van der Waals surface area contributed by atoms with Gasteiger partial charge in [0.05, 0.1) is 0 Å². The van der Waals surface area contributed by atoms with E-state index in [1.165, 1.54) is 62.5 Å². The maximum atomic E-state index is 11.5. The summed E-state index contributed by atoms with van der Waals surface area (Å²) in [6, 6.07) is 6.11. The molecule has 1 aromatic carbocycles. The normalized spacial score (nSPS) is 12.9. The van der Waals surface area contributed by atoms with Crippen LogP contribution in [-0.2, 0) is 23.0 Å². The number of ether oxygens (including phenoxy) is 1. The Morgan fingerprint density at radius 1 is 0.786 bits per heavy atom. The molecule has 0 saturated heterocycles. The van der Waals surface area contributed by atoms with E-state index in [4.69, 9.17) is 4.74 Å². The number of hydrogen-bond donors (Lipinski definition) is 1. The first-order chi connectivity index (χ1) is 13.4. The predicted molar refractivity (Wildman–Crippen MR) is 118 cm³/mol. The highest BCUT2D eigenvalue weighted by Crippen LogP contribution is 2.24. The van der Waals surface area contributed by atoms with Crippen LogP contribution >= 0.6 is 0 Å². The Morgan fingerprint density at radius 2 is 1.25 bits per heavy atom. The van der Waals surface area contributed by atoms with Crippen LogP contribution in [0.2, 0.25) is 0 Å². The van der Waals surface area contributed by atoms with E-state index in [1.54, 1.807) is 6.92 Å². The second-order valence-electron chi connectivity index (χ2n) is 7.78. The first kappa shape index (κ1) is 25.0. The molecule has 0 spiro atoms.